The van der Waals surface area contributed by atoms with Gasteiger partial charge >= 0.3 is 6.18 Å². The normalized spacial score (nSPS) is 11.7. The van der Waals surface area contributed by atoms with Gasteiger partial charge in [0.25, 0.3) is 0 Å². The second kappa shape index (κ2) is 3.51. The fourth-order valence-electron chi connectivity index (χ4n) is 1.26. The van der Waals surface area contributed by atoms with E-state index in [2.05, 4.69) is 10.1 Å². The van der Waals surface area contributed by atoms with Crippen LogP contribution >= 0.6 is 0 Å². The number of hydrogen-bond donors (Lipinski definition) is 1. The van der Waals surface area contributed by atoms with Crippen LogP contribution in [0.3, 0.4) is 0 Å². The van der Waals surface area contributed by atoms with E-state index in [9.17, 15) is 13.2 Å². The minimum absolute atomic E-state index is 0.0755. The number of alkyl halides is 3. The van der Waals surface area contributed by atoms with Gasteiger partial charge in [0.15, 0.2) is 11.5 Å². The summed E-state index contributed by atoms with van der Waals surface area (Å²) in [5, 5.41) is 3.56. The maximum absolute atomic E-state index is 12.6. The minimum atomic E-state index is -4.51. The quantitative estimate of drug-likeness (QED) is 0.810. The summed E-state index contributed by atoms with van der Waals surface area (Å²) in [6.45, 7) is 0. The van der Waals surface area contributed by atoms with Crippen molar-refractivity contribution >= 4 is 5.82 Å². The van der Waals surface area contributed by atoms with Gasteiger partial charge in [-0.2, -0.15) is 13.2 Å². The zero-order valence-electron chi connectivity index (χ0n) is 7.94. The zero-order chi connectivity index (χ0) is 11.8. The number of anilines is 1. The van der Waals surface area contributed by atoms with Crippen LogP contribution < -0.4 is 5.73 Å². The Morgan fingerprint density at radius 3 is 2.56 bits per heavy atom. The van der Waals surface area contributed by atoms with Crippen LogP contribution in [0.2, 0.25) is 0 Å². The third-order valence-corrected chi connectivity index (χ3v) is 1.88. The fourth-order valence-corrected chi connectivity index (χ4v) is 1.26. The standard InChI is InChI=1S/C9H7F3N4/c10-9(11,12)6-5-7(13)15-16(6)8-3-1-2-4-14-8/h1-5H,(H2,13,15). The summed E-state index contributed by atoms with van der Waals surface area (Å²) in [5.74, 6) is -0.121. The number of nitrogen functional groups attached to an aromatic ring is 1. The predicted octanol–water partition coefficient (Wildman–Crippen LogP) is 1.87. The molecule has 0 saturated carbocycles. The summed E-state index contributed by atoms with van der Waals surface area (Å²) in [6, 6.07) is 5.36. The number of halogens is 3. The van der Waals surface area contributed by atoms with Crippen molar-refractivity contribution in [2.45, 2.75) is 6.18 Å². The number of rotatable bonds is 1. The molecule has 7 heteroatoms. The highest BCUT2D eigenvalue weighted by Gasteiger charge is 2.36. The van der Waals surface area contributed by atoms with Gasteiger partial charge in [-0.1, -0.05) is 6.07 Å². The Bertz CT molecular complexity index is 489. The van der Waals surface area contributed by atoms with E-state index in [4.69, 9.17) is 5.73 Å². The molecule has 0 unspecified atom stereocenters. The molecule has 2 aromatic rings. The van der Waals surface area contributed by atoms with Crippen LogP contribution in [0, 0.1) is 0 Å². The summed E-state index contributed by atoms with van der Waals surface area (Å²) in [7, 11) is 0. The smallest absolute Gasteiger partial charge is 0.382 e. The van der Waals surface area contributed by atoms with Crippen LogP contribution in [-0.4, -0.2) is 14.8 Å². The van der Waals surface area contributed by atoms with Crippen LogP contribution in [0.1, 0.15) is 5.69 Å². The first-order valence-electron chi connectivity index (χ1n) is 4.32. The van der Waals surface area contributed by atoms with Gasteiger partial charge in [-0.3, -0.25) is 0 Å². The van der Waals surface area contributed by atoms with Crippen molar-refractivity contribution < 1.29 is 13.2 Å². The van der Waals surface area contributed by atoms with Gasteiger partial charge in [-0.05, 0) is 12.1 Å². The molecule has 0 fully saturated rings. The van der Waals surface area contributed by atoms with E-state index < -0.39 is 11.9 Å². The van der Waals surface area contributed by atoms with Crippen LogP contribution in [0.15, 0.2) is 30.5 Å². The fraction of sp³-hybridized carbons (Fsp3) is 0.111. The third kappa shape index (κ3) is 1.83. The van der Waals surface area contributed by atoms with E-state index in [1.54, 1.807) is 12.1 Å². The lowest BCUT2D eigenvalue weighted by Gasteiger charge is -2.08. The van der Waals surface area contributed by atoms with Gasteiger partial charge in [0, 0.05) is 12.3 Å². The lowest BCUT2D eigenvalue weighted by molar-refractivity contribution is -0.142. The molecule has 0 aromatic carbocycles. The van der Waals surface area contributed by atoms with Gasteiger partial charge in [-0.15, -0.1) is 5.10 Å². The molecule has 16 heavy (non-hydrogen) atoms. The first-order chi connectivity index (χ1) is 7.48. The Kier molecular flexibility index (Phi) is 2.30. The maximum atomic E-state index is 12.6. The summed E-state index contributed by atoms with van der Waals surface area (Å²) >= 11 is 0. The SMILES string of the molecule is Nc1cc(C(F)(F)F)n(-c2ccccn2)n1. The van der Waals surface area contributed by atoms with Gasteiger partial charge < -0.3 is 5.73 Å². The largest absolute Gasteiger partial charge is 0.433 e. The van der Waals surface area contributed by atoms with Crippen molar-refractivity contribution in [1.29, 1.82) is 0 Å². The van der Waals surface area contributed by atoms with Crippen molar-refractivity contribution in [3.05, 3.63) is 36.2 Å². The van der Waals surface area contributed by atoms with Crippen LogP contribution in [0.4, 0.5) is 19.0 Å². The Morgan fingerprint density at radius 2 is 2.00 bits per heavy atom. The van der Waals surface area contributed by atoms with E-state index in [1.807, 2.05) is 0 Å². The highest BCUT2D eigenvalue weighted by atomic mass is 19.4. The molecule has 0 amide bonds. The van der Waals surface area contributed by atoms with Crippen LogP contribution in [0.25, 0.3) is 5.82 Å². The van der Waals surface area contributed by atoms with E-state index in [0.717, 1.165) is 6.07 Å². The van der Waals surface area contributed by atoms with Crippen molar-refractivity contribution in [3.8, 4) is 5.82 Å². The minimum Gasteiger partial charge on any atom is -0.382 e. The molecule has 2 rings (SSSR count). The number of aromatic nitrogens is 3. The van der Waals surface area contributed by atoms with E-state index in [-0.39, 0.29) is 11.6 Å². The van der Waals surface area contributed by atoms with Gasteiger partial charge in [0.1, 0.15) is 5.82 Å². The van der Waals surface area contributed by atoms with Crippen molar-refractivity contribution in [2.24, 2.45) is 0 Å². The molecule has 2 aromatic heterocycles. The Balaban J connectivity index is 2.58. The second-order valence-electron chi connectivity index (χ2n) is 3.05. The van der Waals surface area contributed by atoms with E-state index in [0.29, 0.717) is 4.68 Å². The second-order valence-corrected chi connectivity index (χ2v) is 3.05. The van der Waals surface area contributed by atoms with Gasteiger partial charge in [0.2, 0.25) is 0 Å². The molecule has 0 aliphatic heterocycles. The average molecular weight is 228 g/mol. The lowest BCUT2D eigenvalue weighted by atomic mass is 10.4. The Labute approximate surface area is 88.5 Å². The van der Waals surface area contributed by atoms with Crippen molar-refractivity contribution in [3.63, 3.8) is 0 Å². The summed E-state index contributed by atoms with van der Waals surface area (Å²) in [5.41, 5.74) is 4.31. The number of pyridine rings is 1. The van der Waals surface area contributed by atoms with Gasteiger partial charge in [-0.25, -0.2) is 9.67 Å². The number of nitrogens with zero attached hydrogens (tertiary/aromatic N) is 3. The third-order valence-electron chi connectivity index (χ3n) is 1.88. The molecule has 2 N–H and O–H groups in total. The highest BCUT2D eigenvalue weighted by Crippen LogP contribution is 2.31. The molecule has 2 heterocycles. The molecule has 0 bridgehead atoms. The molecule has 84 valence electrons. The number of nitrogens with two attached hydrogens (primary N) is 1. The first-order valence-corrected chi connectivity index (χ1v) is 4.32. The Hall–Kier alpha value is -2.05. The topological polar surface area (TPSA) is 56.7 Å². The Morgan fingerprint density at radius 1 is 1.25 bits per heavy atom. The van der Waals surface area contributed by atoms with Crippen molar-refractivity contribution in [2.75, 3.05) is 5.73 Å². The predicted molar refractivity (Wildman–Crippen MR) is 50.8 cm³/mol. The molecule has 0 atom stereocenters. The van der Waals surface area contributed by atoms with Gasteiger partial charge in [0.05, 0.1) is 0 Å². The molecular weight excluding hydrogens is 221 g/mol. The monoisotopic (exact) mass is 228 g/mol. The molecule has 0 aliphatic rings. The van der Waals surface area contributed by atoms with Crippen LogP contribution in [0.5, 0.6) is 0 Å². The molecule has 4 nitrogen and oxygen atoms in total. The van der Waals surface area contributed by atoms with E-state index >= 15 is 0 Å². The lowest BCUT2D eigenvalue weighted by Crippen LogP contribution is -2.13. The molecular formula is C9H7F3N4. The molecule has 0 aliphatic carbocycles. The van der Waals surface area contributed by atoms with Crippen LogP contribution in [-0.2, 0) is 6.18 Å². The van der Waals surface area contributed by atoms with E-state index in [1.165, 1.54) is 12.3 Å². The number of hydrogen-bond acceptors (Lipinski definition) is 3. The first kappa shape index (κ1) is 10.5. The average Bonchev–Trinajstić information content (AvgIpc) is 2.61. The molecule has 0 spiro atoms. The summed E-state index contributed by atoms with van der Waals surface area (Å²) < 4.78 is 38.5. The molecule has 0 saturated heterocycles. The summed E-state index contributed by atoms with van der Waals surface area (Å²) in [6.07, 6.45) is -3.13. The van der Waals surface area contributed by atoms with Crippen molar-refractivity contribution in [1.82, 2.24) is 14.8 Å². The maximum Gasteiger partial charge on any atom is 0.433 e. The zero-order valence-corrected chi connectivity index (χ0v) is 7.94. The highest BCUT2D eigenvalue weighted by molar-refractivity contribution is 5.36. The summed E-state index contributed by atoms with van der Waals surface area (Å²) in [4.78, 5) is 3.78. The molecule has 0 radical (unpaired) electrons.